The normalized spacial score (nSPS) is 15.2. The summed E-state index contributed by atoms with van der Waals surface area (Å²) in [5, 5.41) is 0.360. The number of methoxy groups -OCH3 is 2. The Morgan fingerprint density at radius 3 is 2.48 bits per heavy atom. The number of halogens is 1. The SMILES string of the molecule is COC(=O)C1=CN(c2ccc(OC)c(Cl)c2)c2ccccc2S1(=O)=O. The Hall–Kier alpha value is -2.51. The highest BCUT2D eigenvalue weighted by molar-refractivity contribution is 7.96. The largest absolute Gasteiger partial charge is 0.495 e. The maximum Gasteiger partial charge on any atom is 0.351 e. The molecule has 0 aromatic heterocycles. The molecule has 0 N–H and O–H groups in total. The lowest BCUT2D eigenvalue weighted by Gasteiger charge is -2.28. The minimum Gasteiger partial charge on any atom is -0.495 e. The molecule has 2 aromatic rings. The fourth-order valence-electron chi connectivity index (χ4n) is 2.54. The van der Waals surface area contributed by atoms with Crippen molar-refractivity contribution in [3.8, 4) is 5.75 Å². The van der Waals surface area contributed by atoms with Crippen LogP contribution in [-0.2, 0) is 19.4 Å². The lowest BCUT2D eigenvalue weighted by Crippen LogP contribution is -2.26. The molecule has 1 heterocycles. The number of carbonyl (C=O) groups is 1. The lowest BCUT2D eigenvalue weighted by atomic mass is 10.2. The molecule has 0 amide bonds. The number of hydrogen-bond donors (Lipinski definition) is 0. The van der Waals surface area contributed by atoms with E-state index in [4.69, 9.17) is 16.3 Å². The predicted octanol–water partition coefficient (Wildman–Crippen LogP) is 3.29. The fourth-order valence-corrected chi connectivity index (χ4v) is 4.28. The smallest absolute Gasteiger partial charge is 0.351 e. The van der Waals surface area contributed by atoms with Crippen molar-refractivity contribution in [1.29, 1.82) is 0 Å². The number of rotatable bonds is 3. The van der Waals surface area contributed by atoms with Crippen molar-refractivity contribution in [1.82, 2.24) is 0 Å². The quantitative estimate of drug-likeness (QED) is 0.762. The Bertz CT molecular complexity index is 984. The van der Waals surface area contributed by atoms with Gasteiger partial charge in [-0.2, -0.15) is 0 Å². The second-order valence-electron chi connectivity index (χ2n) is 5.14. The van der Waals surface area contributed by atoms with Crippen LogP contribution in [0.25, 0.3) is 0 Å². The molecular weight excluding hydrogens is 366 g/mol. The van der Waals surface area contributed by atoms with Crippen molar-refractivity contribution >= 4 is 38.8 Å². The van der Waals surface area contributed by atoms with E-state index in [1.54, 1.807) is 41.3 Å². The molecule has 0 radical (unpaired) electrons. The molecule has 0 bridgehead atoms. The van der Waals surface area contributed by atoms with Crippen molar-refractivity contribution < 1.29 is 22.7 Å². The number of anilines is 2. The van der Waals surface area contributed by atoms with Gasteiger partial charge in [0.25, 0.3) is 0 Å². The van der Waals surface area contributed by atoms with Gasteiger partial charge in [0.15, 0.2) is 4.91 Å². The van der Waals surface area contributed by atoms with Crippen molar-refractivity contribution in [3.05, 3.63) is 58.6 Å². The summed E-state index contributed by atoms with van der Waals surface area (Å²) in [7, 11) is -1.34. The third kappa shape index (κ3) is 2.85. The van der Waals surface area contributed by atoms with Crippen LogP contribution in [0.5, 0.6) is 5.75 Å². The van der Waals surface area contributed by atoms with E-state index >= 15 is 0 Å². The zero-order chi connectivity index (χ0) is 18.2. The van der Waals surface area contributed by atoms with Gasteiger partial charge in [-0.25, -0.2) is 13.2 Å². The van der Waals surface area contributed by atoms with E-state index in [-0.39, 0.29) is 4.90 Å². The molecular formula is C17H14ClNO5S. The Morgan fingerprint density at radius 1 is 1.12 bits per heavy atom. The summed E-state index contributed by atoms with van der Waals surface area (Å²) in [5.74, 6) is -0.445. The van der Waals surface area contributed by atoms with E-state index in [9.17, 15) is 13.2 Å². The van der Waals surface area contributed by atoms with Crippen molar-refractivity contribution in [2.24, 2.45) is 0 Å². The van der Waals surface area contributed by atoms with Crippen LogP contribution in [0.15, 0.2) is 58.5 Å². The topological polar surface area (TPSA) is 72.9 Å². The average molecular weight is 380 g/mol. The minimum absolute atomic E-state index is 0.0184. The predicted molar refractivity (Wildman–Crippen MR) is 93.9 cm³/mol. The summed E-state index contributed by atoms with van der Waals surface area (Å²) in [6.07, 6.45) is 1.24. The number of benzene rings is 2. The summed E-state index contributed by atoms with van der Waals surface area (Å²) in [4.78, 5) is 13.1. The van der Waals surface area contributed by atoms with Gasteiger partial charge < -0.3 is 14.4 Å². The first-order valence-electron chi connectivity index (χ1n) is 7.17. The Kier molecular flexibility index (Phi) is 4.45. The van der Waals surface area contributed by atoms with Gasteiger partial charge in [-0.1, -0.05) is 23.7 Å². The fraction of sp³-hybridized carbons (Fsp3) is 0.118. The second-order valence-corrected chi connectivity index (χ2v) is 7.44. The van der Waals surface area contributed by atoms with Gasteiger partial charge in [0.05, 0.1) is 29.8 Å². The molecule has 8 heteroatoms. The molecule has 0 fully saturated rings. The van der Waals surface area contributed by atoms with E-state index in [2.05, 4.69) is 4.74 Å². The molecule has 0 saturated heterocycles. The molecule has 0 saturated carbocycles. The average Bonchev–Trinajstić information content (AvgIpc) is 2.61. The molecule has 0 atom stereocenters. The Balaban J connectivity index is 2.24. The third-order valence-corrected chi connectivity index (χ3v) is 5.82. The summed E-state index contributed by atoms with van der Waals surface area (Å²) in [5.41, 5.74) is 0.992. The van der Waals surface area contributed by atoms with Crippen LogP contribution in [0.3, 0.4) is 0 Å². The molecule has 3 rings (SSSR count). The first-order valence-corrected chi connectivity index (χ1v) is 9.03. The standard InChI is InChI=1S/C17H14ClNO5S/c1-23-14-8-7-11(9-12(14)18)19-10-16(17(20)24-2)25(21,22)15-6-4-3-5-13(15)19/h3-10H,1-2H3. The maximum absolute atomic E-state index is 12.7. The van der Waals surface area contributed by atoms with Crippen molar-refractivity contribution in [2.75, 3.05) is 19.1 Å². The highest BCUT2D eigenvalue weighted by Crippen LogP contribution is 2.41. The van der Waals surface area contributed by atoms with Gasteiger partial charge in [-0.05, 0) is 30.3 Å². The summed E-state index contributed by atoms with van der Waals surface area (Å²) in [6.45, 7) is 0. The molecule has 0 unspecified atom stereocenters. The molecule has 2 aromatic carbocycles. The number of sulfone groups is 1. The summed E-state index contributed by atoms with van der Waals surface area (Å²) >= 11 is 6.18. The number of fused-ring (bicyclic) bond motifs is 1. The minimum atomic E-state index is -3.97. The van der Waals surface area contributed by atoms with Gasteiger partial charge in [0.1, 0.15) is 5.75 Å². The zero-order valence-corrected chi connectivity index (χ0v) is 15.0. The highest BCUT2D eigenvalue weighted by atomic mass is 35.5. The van der Waals surface area contributed by atoms with Crippen molar-refractivity contribution in [2.45, 2.75) is 4.90 Å². The van der Waals surface area contributed by atoms with Crippen LogP contribution in [-0.4, -0.2) is 28.6 Å². The number of esters is 1. The van der Waals surface area contributed by atoms with Gasteiger partial charge in [0.2, 0.25) is 9.84 Å². The lowest BCUT2D eigenvalue weighted by molar-refractivity contribution is -0.135. The van der Waals surface area contributed by atoms with Crippen LogP contribution < -0.4 is 9.64 Å². The molecule has 1 aliphatic rings. The number of hydrogen-bond acceptors (Lipinski definition) is 6. The highest BCUT2D eigenvalue weighted by Gasteiger charge is 2.36. The van der Waals surface area contributed by atoms with E-state index in [0.717, 1.165) is 7.11 Å². The molecule has 0 aliphatic carbocycles. The number of carbonyl (C=O) groups excluding carboxylic acids is 1. The molecule has 0 spiro atoms. The second kappa shape index (κ2) is 6.42. The van der Waals surface area contributed by atoms with Crippen LogP contribution in [0, 0.1) is 0 Å². The third-order valence-electron chi connectivity index (χ3n) is 3.75. The Labute approximate surface area is 150 Å². The summed E-state index contributed by atoms with van der Waals surface area (Å²) in [6, 6.07) is 11.4. The van der Waals surface area contributed by atoms with Gasteiger partial charge in [-0.3, -0.25) is 0 Å². The van der Waals surface area contributed by atoms with E-state index < -0.39 is 20.7 Å². The summed E-state index contributed by atoms with van der Waals surface area (Å²) < 4.78 is 35.2. The van der Waals surface area contributed by atoms with Crippen LogP contribution in [0.2, 0.25) is 5.02 Å². The first kappa shape index (κ1) is 17.3. The first-order chi connectivity index (χ1) is 11.9. The van der Waals surface area contributed by atoms with Gasteiger partial charge in [0, 0.05) is 11.9 Å². The van der Waals surface area contributed by atoms with Crippen LogP contribution in [0.1, 0.15) is 0 Å². The molecule has 1 aliphatic heterocycles. The van der Waals surface area contributed by atoms with Crippen LogP contribution in [0.4, 0.5) is 11.4 Å². The molecule has 25 heavy (non-hydrogen) atoms. The zero-order valence-electron chi connectivity index (χ0n) is 13.4. The van der Waals surface area contributed by atoms with Gasteiger partial charge >= 0.3 is 5.97 Å². The van der Waals surface area contributed by atoms with Crippen molar-refractivity contribution in [3.63, 3.8) is 0 Å². The number of nitrogens with zero attached hydrogens (tertiary/aromatic N) is 1. The molecule has 6 nitrogen and oxygen atoms in total. The van der Waals surface area contributed by atoms with Gasteiger partial charge in [-0.15, -0.1) is 0 Å². The molecule has 130 valence electrons. The van der Waals surface area contributed by atoms with Crippen LogP contribution >= 0.6 is 11.6 Å². The van der Waals surface area contributed by atoms with E-state index in [0.29, 0.717) is 22.1 Å². The number of ether oxygens (including phenoxy) is 2. The Morgan fingerprint density at radius 2 is 1.84 bits per heavy atom. The number of para-hydroxylation sites is 1. The van der Waals surface area contributed by atoms with E-state index in [1.165, 1.54) is 19.4 Å². The monoisotopic (exact) mass is 379 g/mol. The van der Waals surface area contributed by atoms with E-state index in [1.807, 2.05) is 0 Å². The maximum atomic E-state index is 12.7.